The minimum absolute atomic E-state index is 0.134. The van der Waals surface area contributed by atoms with Crippen LogP contribution in [-0.2, 0) is 22.7 Å². The molecule has 6 nitrogen and oxygen atoms in total. The van der Waals surface area contributed by atoms with Crippen molar-refractivity contribution in [3.8, 4) is 5.75 Å². The van der Waals surface area contributed by atoms with E-state index in [-0.39, 0.29) is 6.10 Å². The molecule has 6 heteroatoms. The van der Waals surface area contributed by atoms with Crippen molar-refractivity contribution in [3.05, 3.63) is 65.2 Å². The summed E-state index contributed by atoms with van der Waals surface area (Å²) in [5, 5.41) is 4.09. The minimum atomic E-state index is 0.134. The van der Waals surface area contributed by atoms with Gasteiger partial charge in [0, 0.05) is 25.2 Å². The first kappa shape index (κ1) is 20.2. The van der Waals surface area contributed by atoms with Gasteiger partial charge in [0.15, 0.2) is 5.84 Å². The Morgan fingerprint density at radius 3 is 2.64 bits per heavy atom. The lowest BCUT2D eigenvalue weighted by Gasteiger charge is -2.26. The molecule has 0 atom stereocenters. The first-order chi connectivity index (χ1) is 13.6. The molecule has 2 aromatic carbocycles. The summed E-state index contributed by atoms with van der Waals surface area (Å²) in [6.45, 7) is 8.72. The maximum atomic E-state index is 6.12. The van der Waals surface area contributed by atoms with Crippen molar-refractivity contribution >= 4 is 5.84 Å². The third-order valence-corrected chi connectivity index (χ3v) is 4.40. The summed E-state index contributed by atoms with van der Waals surface area (Å²) < 4.78 is 11.1. The molecule has 0 aliphatic carbocycles. The van der Waals surface area contributed by atoms with E-state index in [2.05, 4.69) is 22.2 Å². The topological polar surface area (TPSA) is 69.3 Å². The molecule has 0 unspecified atom stereocenters. The van der Waals surface area contributed by atoms with Crippen molar-refractivity contribution in [3.63, 3.8) is 0 Å². The molecule has 0 amide bonds. The third-order valence-electron chi connectivity index (χ3n) is 4.40. The van der Waals surface area contributed by atoms with Crippen molar-refractivity contribution in [1.82, 2.24) is 4.90 Å². The van der Waals surface area contributed by atoms with Crippen LogP contribution in [0.3, 0.4) is 0 Å². The molecule has 0 aromatic heterocycles. The van der Waals surface area contributed by atoms with Crippen LogP contribution in [0.25, 0.3) is 0 Å². The molecule has 0 bridgehead atoms. The molecule has 1 aliphatic rings. The van der Waals surface area contributed by atoms with Crippen LogP contribution in [0, 0.1) is 0 Å². The Balaban J connectivity index is 1.57. The van der Waals surface area contributed by atoms with Gasteiger partial charge in [-0.25, -0.2) is 0 Å². The van der Waals surface area contributed by atoms with Gasteiger partial charge >= 0.3 is 0 Å². The fraction of sp³-hybridized carbons (Fsp3) is 0.409. The molecule has 150 valence electrons. The lowest BCUT2D eigenvalue weighted by Crippen LogP contribution is -2.35. The van der Waals surface area contributed by atoms with Gasteiger partial charge in [0.2, 0.25) is 0 Å². The number of nitrogens with zero attached hydrogens (tertiary/aromatic N) is 2. The summed E-state index contributed by atoms with van der Waals surface area (Å²) in [6.07, 6.45) is 0.134. The number of morpholine rings is 1. The Morgan fingerprint density at radius 1 is 1.11 bits per heavy atom. The highest BCUT2D eigenvalue weighted by molar-refractivity contribution is 5.97. The van der Waals surface area contributed by atoms with E-state index in [0.29, 0.717) is 12.4 Å². The molecule has 2 N–H and O–H groups in total. The Kier molecular flexibility index (Phi) is 7.28. The first-order valence-corrected chi connectivity index (χ1v) is 9.70. The van der Waals surface area contributed by atoms with Crippen LogP contribution in [0.1, 0.15) is 30.5 Å². The van der Waals surface area contributed by atoms with Gasteiger partial charge in [-0.15, -0.1) is 0 Å². The van der Waals surface area contributed by atoms with Gasteiger partial charge in [0.05, 0.1) is 19.3 Å². The number of benzene rings is 2. The molecule has 1 fully saturated rings. The van der Waals surface area contributed by atoms with Crippen molar-refractivity contribution in [2.24, 2.45) is 10.9 Å². The van der Waals surface area contributed by atoms with Crippen molar-refractivity contribution in [1.29, 1.82) is 0 Å². The van der Waals surface area contributed by atoms with E-state index in [9.17, 15) is 0 Å². The highest BCUT2D eigenvalue weighted by Crippen LogP contribution is 2.16. The standard InChI is InChI=1S/C22H29N3O3/c1-17(2)28-21-8-4-6-19(14-21)16-27-24-22(23)20-7-3-5-18(13-20)15-25-9-11-26-12-10-25/h3-8,13-14,17H,9-12,15-16H2,1-2H3,(H2,23,24). The van der Waals surface area contributed by atoms with E-state index in [0.717, 1.165) is 49.7 Å². The lowest BCUT2D eigenvalue weighted by molar-refractivity contribution is 0.0342. The van der Waals surface area contributed by atoms with E-state index in [1.54, 1.807) is 0 Å². The fourth-order valence-electron chi connectivity index (χ4n) is 3.06. The van der Waals surface area contributed by atoms with Crippen LogP contribution >= 0.6 is 0 Å². The molecule has 3 rings (SSSR count). The Bertz CT molecular complexity index is 786. The Labute approximate surface area is 166 Å². The Morgan fingerprint density at radius 2 is 1.86 bits per heavy atom. The highest BCUT2D eigenvalue weighted by atomic mass is 16.6. The van der Waals surface area contributed by atoms with Gasteiger partial charge in [-0.05, 0) is 43.2 Å². The third kappa shape index (κ3) is 6.25. The van der Waals surface area contributed by atoms with Crippen molar-refractivity contribution < 1.29 is 14.3 Å². The summed E-state index contributed by atoms with van der Waals surface area (Å²) in [5.41, 5.74) is 9.17. The average molecular weight is 383 g/mol. The summed E-state index contributed by atoms with van der Waals surface area (Å²) in [7, 11) is 0. The molecule has 28 heavy (non-hydrogen) atoms. The highest BCUT2D eigenvalue weighted by Gasteiger charge is 2.11. The van der Waals surface area contributed by atoms with Crippen LogP contribution < -0.4 is 10.5 Å². The molecule has 1 heterocycles. The molecular weight excluding hydrogens is 354 g/mol. The van der Waals surface area contributed by atoms with Gasteiger partial charge in [-0.2, -0.15) is 0 Å². The molecular formula is C22H29N3O3. The lowest BCUT2D eigenvalue weighted by atomic mass is 10.1. The number of hydrogen-bond donors (Lipinski definition) is 1. The monoisotopic (exact) mass is 383 g/mol. The van der Waals surface area contributed by atoms with Crippen LogP contribution in [-0.4, -0.2) is 43.1 Å². The average Bonchev–Trinajstić information content (AvgIpc) is 2.69. The molecule has 0 radical (unpaired) electrons. The predicted molar refractivity (Wildman–Crippen MR) is 110 cm³/mol. The van der Waals surface area contributed by atoms with E-state index in [1.807, 2.05) is 50.2 Å². The normalized spacial score (nSPS) is 15.6. The maximum absolute atomic E-state index is 6.12. The molecule has 0 saturated carbocycles. The van der Waals surface area contributed by atoms with Crippen LogP contribution in [0.4, 0.5) is 0 Å². The minimum Gasteiger partial charge on any atom is -0.491 e. The smallest absolute Gasteiger partial charge is 0.170 e. The largest absolute Gasteiger partial charge is 0.491 e. The number of rotatable bonds is 8. The summed E-state index contributed by atoms with van der Waals surface area (Å²) in [6, 6.07) is 15.9. The molecule has 2 aromatic rings. The van der Waals surface area contributed by atoms with Gasteiger partial charge < -0.3 is 20.0 Å². The Hall–Kier alpha value is -2.57. The summed E-state index contributed by atoms with van der Waals surface area (Å²) in [4.78, 5) is 7.84. The number of hydrogen-bond acceptors (Lipinski definition) is 5. The van der Waals surface area contributed by atoms with Gasteiger partial charge in [-0.3, -0.25) is 4.90 Å². The number of nitrogens with two attached hydrogens (primary N) is 1. The maximum Gasteiger partial charge on any atom is 0.170 e. The zero-order valence-corrected chi connectivity index (χ0v) is 16.6. The van der Waals surface area contributed by atoms with Crippen LogP contribution in [0.2, 0.25) is 0 Å². The second-order valence-electron chi connectivity index (χ2n) is 7.15. The zero-order valence-electron chi connectivity index (χ0n) is 16.6. The van der Waals surface area contributed by atoms with Gasteiger partial charge in [0.1, 0.15) is 12.4 Å². The molecule has 0 spiro atoms. The molecule has 1 aliphatic heterocycles. The van der Waals surface area contributed by atoms with Crippen molar-refractivity contribution in [2.75, 3.05) is 26.3 Å². The summed E-state index contributed by atoms with van der Waals surface area (Å²) >= 11 is 0. The summed E-state index contributed by atoms with van der Waals surface area (Å²) in [5.74, 6) is 1.20. The first-order valence-electron chi connectivity index (χ1n) is 9.70. The van der Waals surface area contributed by atoms with E-state index in [4.69, 9.17) is 20.0 Å². The van der Waals surface area contributed by atoms with Gasteiger partial charge in [-0.1, -0.05) is 35.5 Å². The second kappa shape index (κ2) is 10.1. The van der Waals surface area contributed by atoms with E-state index < -0.39 is 0 Å². The van der Waals surface area contributed by atoms with Crippen molar-refractivity contribution in [2.45, 2.75) is 33.1 Å². The molecule has 1 saturated heterocycles. The fourth-order valence-corrected chi connectivity index (χ4v) is 3.06. The SMILES string of the molecule is CC(C)Oc1cccc(CO/N=C(/N)c2cccc(CN3CCOCC3)c2)c1. The van der Waals surface area contributed by atoms with Gasteiger partial charge in [0.25, 0.3) is 0 Å². The number of ether oxygens (including phenoxy) is 2. The van der Waals surface area contributed by atoms with E-state index >= 15 is 0 Å². The van der Waals surface area contributed by atoms with Crippen LogP contribution in [0.5, 0.6) is 5.75 Å². The number of amidine groups is 1. The van der Waals surface area contributed by atoms with E-state index in [1.165, 1.54) is 5.56 Å². The quantitative estimate of drug-likeness (QED) is 0.431. The second-order valence-corrected chi connectivity index (χ2v) is 7.15. The predicted octanol–water partition coefficient (Wildman–Crippen LogP) is 3.14. The zero-order chi connectivity index (χ0) is 19.8. The van der Waals surface area contributed by atoms with Crippen LogP contribution in [0.15, 0.2) is 53.7 Å². The number of oxime groups is 1.